The summed E-state index contributed by atoms with van der Waals surface area (Å²) in [6, 6.07) is 11.5. The van der Waals surface area contributed by atoms with Crippen molar-refractivity contribution in [3.63, 3.8) is 0 Å². The van der Waals surface area contributed by atoms with Gasteiger partial charge in [0.15, 0.2) is 0 Å². The number of hydrogen-bond donors (Lipinski definition) is 1. The summed E-state index contributed by atoms with van der Waals surface area (Å²) < 4.78 is 13.0. The van der Waals surface area contributed by atoms with Gasteiger partial charge < -0.3 is 4.90 Å². The summed E-state index contributed by atoms with van der Waals surface area (Å²) in [5.41, 5.74) is 3.31. The van der Waals surface area contributed by atoms with Crippen molar-refractivity contribution in [1.29, 1.82) is 0 Å². The molecule has 2 aromatic heterocycles. The Labute approximate surface area is 168 Å². The normalized spacial score (nSPS) is 10.8. The summed E-state index contributed by atoms with van der Waals surface area (Å²) in [5.74, 6) is -0.309. The van der Waals surface area contributed by atoms with Gasteiger partial charge >= 0.3 is 0 Å². The molecule has 2 heterocycles. The maximum Gasteiger partial charge on any atom is 0.253 e. The lowest BCUT2D eigenvalue weighted by molar-refractivity contribution is 0.0792. The van der Waals surface area contributed by atoms with E-state index in [4.69, 9.17) is 11.6 Å². The molecule has 0 fully saturated rings. The van der Waals surface area contributed by atoms with E-state index in [0.717, 1.165) is 42.6 Å². The number of pyridine rings is 1. The van der Waals surface area contributed by atoms with Gasteiger partial charge in [-0.15, -0.1) is 0 Å². The van der Waals surface area contributed by atoms with Crippen LogP contribution in [0.1, 0.15) is 35.3 Å². The summed E-state index contributed by atoms with van der Waals surface area (Å²) >= 11 is 5.84. The number of rotatable bonds is 8. The average Bonchev–Trinajstić information content (AvgIpc) is 3.16. The smallest absolute Gasteiger partial charge is 0.253 e. The highest BCUT2D eigenvalue weighted by Crippen LogP contribution is 2.19. The molecule has 28 heavy (non-hydrogen) atoms. The Morgan fingerprint density at radius 1 is 1.14 bits per heavy atom. The molecule has 3 rings (SSSR count). The number of carbonyl (C=O) groups excluding carboxylic acids is 1. The second-order valence-corrected chi connectivity index (χ2v) is 7.08. The van der Waals surface area contributed by atoms with Crippen LogP contribution in [-0.2, 0) is 6.42 Å². The van der Waals surface area contributed by atoms with Gasteiger partial charge in [-0.25, -0.2) is 9.37 Å². The van der Waals surface area contributed by atoms with E-state index in [9.17, 15) is 9.18 Å². The van der Waals surface area contributed by atoms with Crippen molar-refractivity contribution in [2.75, 3.05) is 13.6 Å². The SMILES string of the molecule is CN(CCCCCc1cc(-c2ccc(F)cc2)n[nH]1)C(=O)c1ccnc(Cl)c1. The summed E-state index contributed by atoms with van der Waals surface area (Å²) in [5, 5.41) is 7.65. The minimum atomic E-state index is -0.255. The zero-order valence-corrected chi connectivity index (χ0v) is 16.4. The summed E-state index contributed by atoms with van der Waals surface area (Å²) in [6.07, 6.45) is 5.33. The zero-order chi connectivity index (χ0) is 19.9. The maximum atomic E-state index is 13.0. The minimum absolute atomic E-state index is 0.0539. The van der Waals surface area contributed by atoms with Gasteiger partial charge in [-0.1, -0.05) is 18.0 Å². The maximum absolute atomic E-state index is 13.0. The minimum Gasteiger partial charge on any atom is -0.342 e. The topological polar surface area (TPSA) is 61.9 Å². The summed E-state index contributed by atoms with van der Waals surface area (Å²) in [4.78, 5) is 17.9. The number of nitrogens with one attached hydrogen (secondary N) is 1. The van der Waals surface area contributed by atoms with Crippen LogP contribution in [0.25, 0.3) is 11.3 Å². The first-order chi connectivity index (χ1) is 13.5. The average molecular weight is 401 g/mol. The Hall–Kier alpha value is -2.73. The lowest BCUT2D eigenvalue weighted by atomic mass is 10.1. The fourth-order valence-electron chi connectivity index (χ4n) is 2.96. The molecule has 1 aromatic carbocycles. The highest BCUT2D eigenvalue weighted by atomic mass is 35.5. The Morgan fingerprint density at radius 3 is 2.68 bits per heavy atom. The van der Waals surface area contributed by atoms with Crippen LogP contribution in [0.15, 0.2) is 48.7 Å². The molecule has 7 heteroatoms. The standard InChI is InChI=1S/C21H22ClFN4O/c1-27(21(28)16-10-11-24-20(22)13-16)12-4-2-3-5-18-14-19(26-25-18)15-6-8-17(23)9-7-15/h6-11,13-14H,2-5,12H2,1H3,(H,25,26). The largest absolute Gasteiger partial charge is 0.342 e. The van der Waals surface area contributed by atoms with Gasteiger partial charge in [-0.05, 0) is 61.7 Å². The number of aromatic nitrogens is 3. The lowest BCUT2D eigenvalue weighted by Crippen LogP contribution is -2.27. The van der Waals surface area contributed by atoms with Crippen molar-refractivity contribution in [3.8, 4) is 11.3 Å². The molecule has 0 spiro atoms. The molecule has 5 nitrogen and oxygen atoms in total. The number of amides is 1. The van der Waals surface area contributed by atoms with Gasteiger partial charge in [0, 0.05) is 36.6 Å². The van der Waals surface area contributed by atoms with Crippen LogP contribution in [0.3, 0.4) is 0 Å². The molecule has 0 saturated heterocycles. The van der Waals surface area contributed by atoms with E-state index >= 15 is 0 Å². The first-order valence-electron chi connectivity index (χ1n) is 9.20. The van der Waals surface area contributed by atoms with Gasteiger partial charge in [-0.3, -0.25) is 9.89 Å². The van der Waals surface area contributed by atoms with E-state index in [2.05, 4.69) is 15.2 Å². The van der Waals surface area contributed by atoms with Gasteiger partial charge in [0.1, 0.15) is 11.0 Å². The van der Waals surface area contributed by atoms with E-state index in [1.165, 1.54) is 18.3 Å². The fraction of sp³-hybridized carbons (Fsp3) is 0.286. The van der Waals surface area contributed by atoms with Gasteiger partial charge in [0.25, 0.3) is 5.91 Å². The first-order valence-corrected chi connectivity index (χ1v) is 9.58. The third-order valence-corrected chi connectivity index (χ3v) is 4.74. The van der Waals surface area contributed by atoms with Crippen molar-refractivity contribution >= 4 is 17.5 Å². The van der Waals surface area contributed by atoms with Crippen molar-refractivity contribution in [1.82, 2.24) is 20.1 Å². The number of hydrogen-bond acceptors (Lipinski definition) is 3. The predicted octanol–water partition coefficient (Wildman–Crippen LogP) is 4.75. The molecular weight excluding hydrogens is 379 g/mol. The van der Waals surface area contributed by atoms with E-state index < -0.39 is 0 Å². The molecule has 0 atom stereocenters. The highest BCUT2D eigenvalue weighted by Gasteiger charge is 2.12. The number of nitrogens with zero attached hydrogens (tertiary/aromatic N) is 3. The van der Waals surface area contributed by atoms with Gasteiger partial charge in [-0.2, -0.15) is 5.10 Å². The molecule has 146 valence electrons. The predicted molar refractivity (Wildman–Crippen MR) is 108 cm³/mol. The van der Waals surface area contributed by atoms with Crippen molar-refractivity contribution < 1.29 is 9.18 Å². The second kappa shape index (κ2) is 9.46. The Bertz CT molecular complexity index is 926. The quantitative estimate of drug-likeness (QED) is 0.438. The number of aryl methyl sites for hydroxylation is 1. The van der Waals surface area contributed by atoms with Gasteiger partial charge in [0.2, 0.25) is 0 Å². The van der Waals surface area contributed by atoms with Gasteiger partial charge in [0.05, 0.1) is 5.69 Å². The molecular formula is C21H22ClFN4O. The fourth-order valence-corrected chi connectivity index (χ4v) is 3.13. The van der Waals surface area contributed by atoms with E-state index in [0.29, 0.717) is 17.3 Å². The summed E-state index contributed by atoms with van der Waals surface area (Å²) in [7, 11) is 1.79. The number of benzene rings is 1. The molecule has 0 aliphatic rings. The molecule has 1 amide bonds. The Kier molecular flexibility index (Phi) is 6.76. The Balaban J connectivity index is 1.40. The molecule has 0 saturated carbocycles. The lowest BCUT2D eigenvalue weighted by Gasteiger charge is -2.17. The molecule has 1 N–H and O–H groups in total. The van der Waals surface area contributed by atoms with Crippen LogP contribution < -0.4 is 0 Å². The summed E-state index contributed by atoms with van der Waals surface area (Å²) in [6.45, 7) is 0.683. The van der Waals surface area contributed by atoms with Crippen molar-refractivity contribution in [2.45, 2.75) is 25.7 Å². The second-order valence-electron chi connectivity index (χ2n) is 6.69. The Morgan fingerprint density at radius 2 is 1.93 bits per heavy atom. The van der Waals surface area contributed by atoms with Crippen LogP contribution in [0.2, 0.25) is 5.15 Å². The monoisotopic (exact) mass is 400 g/mol. The van der Waals surface area contributed by atoms with Crippen LogP contribution in [0.5, 0.6) is 0 Å². The number of aromatic amines is 1. The van der Waals surface area contributed by atoms with Crippen LogP contribution in [-0.4, -0.2) is 39.6 Å². The number of halogens is 2. The van der Waals surface area contributed by atoms with Crippen LogP contribution in [0.4, 0.5) is 4.39 Å². The van der Waals surface area contributed by atoms with E-state index in [-0.39, 0.29) is 11.7 Å². The third-order valence-electron chi connectivity index (χ3n) is 4.53. The highest BCUT2D eigenvalue weighted by molar-refractivity contribution is 6.29. The number of carbonyl (C=O) groups is 1. The van der Waals surface area contributed by atoms with E-state index in [1.54, 1.807) is 36.2 Å². The van der Waals surface area contributed by atoms with Crippen LogP contribution >= 0.6 is 11.6 Å². The van der Waals surface area contributed by atoms with E-state index in [1.807, 2.05) is 6.07 Å². The molecule has 0 aliphatic heterocycles. The van der Waals surface area contributed by atoms with Crippen molar-refractivity contribution in [2.24, 2.45) is 0 Å². The first kappa shape index (κ1) is 20.0. The number of unbranched alkanes of at least 4 members (excludes halogenated alkanes) is 2. The third kappa shape index (κ3) is 5.39. The molecule has 0 bridgehead atoms. The zero-order valence-electron chi connectivity index (χ0n) is 15.7. The molecule has 0 unspecified atom stereocenters. The number of H-pyrrole nitrogens is 1. The molecule has 0 aliphatic carbocycles. The van der Waals surface area contributed by atoms with Crippen molar-refractivity contribution in [3.05, 3.63) is 70.9 Å². The molecule has 3 aromatic rings. The van der Waals surface area contributed by atoms with Crippen LogP contribution in [0, 0.1) is 5.82 Å². The molecule has 0 radical (unpaired) electrons.